The quantitative estimate of drug-likeness (QED) is 0.913. The Hall–Kier alpha value is -1.11. The fourth-order valence-corrected chi connectivity index (χ4v) is 2.61. The van der Waals surface area contributed by atoms with Crippen molar-refractivity contribution in [3.05, 3.63) is 50.9 Å². The van der Waals surface area contributed by atoms with Crippen molar-refractivity contribution in [2.45, 2.75) is 12.2 Å². The van der Waals surface area contributed by atoms with Crippen molar-refractivity contribution < 1.29 is 13.2 Å². The van der Waals surface area contributed by atoms with Gasteiger partial charge in [-0.2, -0.15) is 13.2 Å². The van der Waals surface area contributed by atoms with Gasteiger partial charge < -0.3 is 5.73 Å². The van der Waals surface area contributed by atoms with Crippen LogP contribution in [-0.2, 0) is 6.18 Å². The second-order valence-corrected chi connectivity index (χ2v) is 4.93. The molecule has 2 aromatic rings. The first-order valence-electron chi connectivity index (χ1n) is 4.91. The SMILES string of the molecule is NC(c1ccc(C(F)(F)F)cn1)c1sccc1Cl. The van der Waals surface area contributed by atoms with E-state index in [2.05, 4.69) is 4.98 Å². The Morgan fingerprint density at radius 3 is 2.44 bits per heavy atom. The highest BCUT2D eigenvalue weighted by Crippen LogP contribution is 2.32. The highest BCUT2D eigenvalue weighted by atomic mass is 35.5. The standard InChI is InChI=1S/C11H8ClF3N2S/c12-7-3-4-18-10(7)9(16)8-2-1-6(5-17-8)11(13,14)15/h1-5,9H,16H2. The van der Waals surface area contributed by atoms with Crippen molar-refractivity contribution in [1.29, 1.82) is 0 Å². The van der Waals surface area contributed by atoms with Crippen LogP contribution in [0.4, 0.5) is 13.2 Å². The zero-order valence-corrected chi connectivity index (χ0v) is 10.5. The monoisotopic (exact) mass is 292 g/mol. The molecule has 7 heteroatoms. The number of nitrogens with zero attached hydrogens (tertiary/aromatic N) is 1. The van der Waals surface area contributed by atoms with Gasteiger partial charge in [-0.05, 0) is 23.6 Å². The summed E-state index contributed by atoms with van der Waals surface area (Å²) in [4.78, 5) is 4.43. The Kier molecular flexibility index (Phi) is 3.61. The van der Waals surface area contributed by atoms with Crippen LogP contribution in [0.25, 0.3) is 0 Å². The van der Waals surface area contributed by atoms with E-state index >= 15 is 0 Å². The summed E-state index contributed by atoms with van der Waals surface area (Å²) < 4.78 is 37.1. The molecule has 0 fully saturated rings. The van der Waals surface area contributed by atoms with Crippen molar-refractivity contribution in [1.82, 2.24) is 4.98 Å². The summed E-state index contributed by atoms with van der Waals surface area (Å²) in [5.74, 6) is 0. The molecule has 0 amide bonds. The summed E-state index contributed by atoms with van der Waals surface area (Å²) in [6, 6.07) is 3.30. The van der Waals surface area contributed by atoms with Crippen LogP contribution in [0.3, 0.4) is 0 Å². The molecule has 0 aliphatic rings. The molecule has 2 aromatic heterocycles. The molecule has 2 rings (SSSR count). The van der Waals surface area contributed by atoms with Gasteiger partial charge in [0.15, 0.2) is 0 Å². The van der Waals surface area contributed by atoms with Gasteiger partial charge in [0.25, 0.3) is 0 Å². The normalized spacial score (nSPS) is 13.6. The van der Waals surface area contributed by atoms with E-state index in [1.54, 1.807) is 11.4 Å². The molecule has 0 aromatic carbocycles. The molecule has 0 saturated carbocycles. The molecular weight excluding hydrogens is 285 g/mol. The lowest BCUT2D eigenvalue weighted by Crippen LogP contribution is -2.14. The van der Waals surface area contributed by atoms with Crippen LogP contribution in [0.2, 0.25) is 5.02 Å². The van der Waals surface area contributed by atoms with E-state index < -0.39 is 17.8 Å². The van der Waals surface area contributed by atoms with Crippen molar-refractivity contribution in [2.75, 3.05) is 0 Å². The van der Waals surface area contributed by atoms with Crippen LogP contribution >= 0.6 is 22.9 Å². The first-order chi connectivity index (χ1) is 8.39. The molecule has 0 radical (unpaired) electrons. The number of thiophene rings is 1. The third kappa shape index (κ3) is 2.66. The third-order valence-corrected chi connectivity index (χ3v) is 3.80. The molecule has 0 spiro atoms. The molecular formula is C11H8ClF3N2S. The fourth-order valence-electron chi connectivity index (χ4n) is 1.42. The number of aromatic nitrogens is 1. The van der Waals surface area contributed by atoms with Crippen LogP contribution in [0.1, 0.15) is 22.2 Å². The van der Waals surface area contributed by atoms with E-state index in [0.29, 0.717) is 15.6 Å². The van der Waals surface area contributed by atoms with Gasteiger partial charge in [-0.3, -0.25) is 4.98 Å². The first kappa shape index (κ1) is 13.3. The third-order valence-electron chi connectivity index (χ3n) is 2.36. The lowest BCUT2D eigenvalue weighted by atomic mass is 10.1. The highest BCUT2D eigenvalue weighted by Gasteiger charge is 2.31. The summed E-state index contributed by atoms with van der Waals surface area (Å²) in [6.07, 6.45) is -3.62. The number of hydrogen-bond donors (Lipinski definition) is 1. The molecule has 2 heterocycles. The first-order valence-corrected chi connectivity index (χ1v) is 6.17. The lowest BCUT2D eigenvalue weighted by Gasteiger charge is -2.11. The Bertz CT molecular complexity index is 536. The van der Waals surface area contributed by atoms with E-state index in [1.165, 1.54) is 17.4 Å². The van der Waals surface area contributed by atoms with Gasteiger partial charge in [-0.15, -0.1) is 11.3 Å². The molecule has 2 nitrogen and oxygen atoms in total. The number of pyridine rings is 1. The maximum Gasteiger partial charge on any atom is 0.417 e. The van der Waals surface area contributed by atoms with Gasteiger partial charge >= 0.3 is 6.18 Å². The number of rotatable bonds is 2. The van der Waals surface area contributed by atoms with Crippen molar-refractivity contribution in [3.63, 3.8) is 0 Å². The molecule has 18 heavy (non-hydrogen) atoms. The second kappa shape index (κ2) is 4.87. The minimum Gasteiger partial charge on any atom is -0.318 e. The van der Waals surface area contributed by atoms with Crippen LogP contribution in [-0.4, -0.2) is 4.98 Å². The maximum atomic E-state index is 12.4. The average Bonchev–Trinajstić information content (AvgIpc) is 2.73. The summed E-state index contributed by atoms with van der Waals surface area (Å²) in [7, 11) is 0. The van der Waals surface area contributed by atoms with E-state index in [9.17, 15) is 13.2 Å². The smallest absolute Gasteiger partial charge is 0.318 e. The average molecular weight is 293 g/mol. The maximum absolute atomic E-state index is 12.4. The van der Waals surface area contributed by atoms with E-state index in [1.807, 2.05) is 0 Å². The Morgan fingerprint density at radius 1 is 1.28 bits per heavy atom. The van der Waals surface area contributed by atoms with Crippen molar-refractivity contribution in [2.24, 2.45) is 5.73 Å². The molecule has 0 saturated heterocycles. The predicted molar refractivity (Wildman–Crippen MR) is 64.6 cm³/mol. The molecule has 0 bridgehead atoms. The van der Waals surface area contributed by atoms with Gasteiger partial charge in [0.05, 0.1) is 22.3 Å². The molecule has 0 aliphatic carbocycles. The number of alkyl halides is 3. The summed E-state index contributed by atoms with van der Waals surface area (Å²) >= 11 is 7.25. The highest BCUT2D eigenvalue weighted by molar-refractivity contribution is 7.10. The summed E-state index contributed by atoms with van der Waals surface area (Å²) in [5, 5.41) is 2.26. The van der Waals surface area contributed by atoms with Crippen LogP contribution < -0.4 is 5.73 Å². The van der Waals surface area contributed by atoms with Crippen molar-refractivity contribution in [3.8, 4) is 0 Å². The van der Waals surface area contributed by atoms with Gasteiger partial charge in [0.1, 0.15) is 0 Å². The molecule has 1 unspecified atom stereocenters. The lowest BCUT2D eigenvalue weighted by molar-refractivity contribution is -0.137. The summed E-state index contributed by atoms with van der Waals surface area (Å²) in [6.45, 7) is 0. The number of halogens is 4. The fraction of sp³-hybridized carbons (Fsp3) is 0.182. The van der Waals surface area contributed by atoms with Crippen LogP contribution in [0.5, 0.6) is 0 Å². The largest absolute Gasteiger partial charge is 0.417 e. The van der Waals surface area contributed by atoms with Gasteiger partial charge in [0, 0.05) is 11.1 Å². The molecule has 2 N–H and O–H groups in total. The second-order valence-electron chi connectivity index (χ2n) is 3.58. The molecule has 96 valence electrons. The molecule has 0 aliphatic heterocycles. The van der Waals surface area contributed by atoms with Crippen molar-refractivity contribution >= 4 is 22.9 Å². The topological polar surface area (TPSA) is 38.9 Å². The van der Waals surface area contributed by atoms with Gasteiger partial charge in [0.2, 0.25) is 0 Å². The van der Waals surface area contributed by atoms with Crippen LogP contribution in [0.15, 0.2) is 29.8 Å². The van der Waals surface area contributed by atoms with Gasteiger partial charge in [-0.25, -0.2) is 0 Å². The van der Waals surface area contributed by atoms with E-state index in [4.69, 9.17) is 17.3 Å². The number of nitrogens with two attached hydrogens (primary N) is 1. The molecule has 1 atom stereocenters. The Morgan fingerprint density at radius 2 is 2.00 bits per heavy atom. The Labute approximate surface area is 110 Å². The zero-order valence-electron chi connectivity index (χ0n) is 8.91. The minimum absolute atomic E-state index is 0.354. The van der Waals surface area contributed by atoms with Crippen LogP contribution in [0, 0.1) is 0 Å². The predicted octanol–water partition coefficient (Wildman–Crippen LogP) is 3.86. The van der Waals surface area contributed by atoms with Gasteiger partial charge in [-0.1, -0.05) is 11.6 Å². The number of hydrogen-bond acceptors (Lipinski definition) is 3. The van der Waals surface area contributed by atoms with E-state index in [-0.39, 0.29) is 0 Å². The summed E-state index contributed by atoms with van der Waals surface area (Å²) in [5.41, 5.74) is 5.46. The minimum atomic E-state index is -4.39. The zero-order chi connectivity index (χ0) is 13.3. The van der Waals surface area contributed by atoms with E-state index in [0.717, 1.165) is 12.3 Å². The Balaban J connectivity index is 2.28.